The molecule has 1 N–H and O–H groups in total. The van der Waals surface area contributed by atoms with Crippen LogP contribution in [0.1, 0.15) is 6.92 Å². The van der Waals surface area contributed by atoms with E-state index in [0.717, 1.165) is 16.5 Å². The van der Waals surface area contributed by atoms with Crippen molar-refractivity contribution in [3.8, 4) is 28.5 Å². The van der Waals surface area contributed by atoms with Crippen molar-refractivity contribution in [1.82, 2.24) is 19.9 Å². The highest BCUT2D eigenvalue weighted by Gasteiger charge is 2.16. The summed E-state index contributed by atoms with van der Waals surface area (Å²) in [6.07, 6.45) is 3.29. The minimum absolute atomic E-state index is 0.294. The first kappa shape index (κ1) is 17.8. The molecule has 28 heavy (non-hydrogen) atoms. The fraction of sp³-hybridized carbons (Fsp3) is 0.143. The van der Waals surface area contributed by atoms with Gasteiger partial charge < -0.3 is 10.1 Å². The Bertz CT molecular complexity index is 1130. The number of rotatable bonds is 5. The van der Waals surface area contributed by atoms with Crippen molar-refractivity contribution in [1.29, 1.82) is 0 Å². The van der Waals surface area contributed by atoms with Gasteiger partial charge >= 0.3 is 0 Å². The molecule has 0 fully saturated rings. The Labute approximate surface area is 161 Å². The Kier molecular flexibility index (Phi) is 4.80. The highest BCUT2D eigenvalue weighted by atomic mass is 19.1. The summed E-state index contributed by atoms with van der Waals surface area (Å²) in [7, 11) is 1.78. The molecule has 0 unspecified atom stereocenters. The molecule has 0 atom stereocenters. The SMILES string of the molecule is CCOc1cc(-c2cccc(F)c2)cc2c(NC)nc(-c3ncccn3)nc12. The topological polar surface area (TPSA) is 72.8 Å². The molecule has 0 saturated carbocycles. The number of hydrogen-bond donors (Lipinski definition) is 1. The molecule has 2 heterocycles. The molecule has 0 amide bonds. The average molecular weight is 375 g/mol. The third-order valence-electron chi connectivity index (χ3n) is 4.23. The molecule has 0 aliphatic heterocycles. The fourth-order valence-electron chi connectivity index (χ4n) is 3.01. The molecular formula is C21H18FN5O. The third-order valence-corrected chi connectivity index (χ3v) is 4.23. The number of aromatic nitrogens is 4. The standard InChI is InChI=1S/C21H18FN5O/c1-3-28-17-12-14(13-6-4-7-15(22)10-13)11-16-18(17)26-21(27-19(16)23-2)20-24-8-5-9-25-20/h4-12H,3H2,1-2H3,(H,23,26,27). The molecule has 0 spiro atoms. The molecule has 0 aliphatic carbocycles. The summed E-state index contributed by atoms with van der Waals surface area (Å²) in [6, 6.07) is 12.0. The lowest BCUT2D eigenvalue weighted by molar-refractivity contribution is 0.344. The molecule has 4 rings (SSSR count). The molecule has 2 aromatic carbocycles. The van der Waals surface area contributed by atoms with E-state index in [0.29, 0.717) is 35.3 Å². The van der Waals surface area contributed by atoms with Gasteiger partial charge in [0.2, 0.25) is 0 Å². The predicted molar refractivity (Wildman–Crippen MR) is 107 cm³/mol. The summed E-state index contributed by atoms with van der Waals surface area (Å²) < 4.78 is 19.6. The van der Waals surface area contributed by atoms with Crippen LogP contribution in [0.5, 0.6) is 5.75 Å². The Hall–Kier alpha value is -3.61. The second-order valence-electron chi connectivity index (χ2n) is 6.03. The molecular weight excluding hydrogens is 357 g/mol. The Morgan fingerprint density at radius 1 is 0.964 bits per heavy atom. The molecule has 7 heteroatoms. The molecule has 0 aliphatic rings. The van der Waals surface area contributed by atoms with E-state index in [1.54, 1.807) is 31.6 Å². The molecule has 0 radical (unpaired) electrons. The largest absolute Gasteiger partial charge is 0.492 e. The molecule has 4 aromatic rings. The number of hydrogen-bond acceptors (Lipinski definition) is 6. The van der Waals surface area contributed by atoms with Gasteiger partial charge in [0.05, 0.1) is 6.61 Å². The Balaban J connectivity index is 1.98. The zero-order valence-corrected chi connectivity index (χ0v) is 15.5. The lowest BCUT2D eigenvalue weighted by Crippen LogP contribution is -2.03. The first-order valence-electron chi connectivity index (χ1n) is 8.89. The highest BCUT2D eigenvalue weighted by Crippen LogP contribution is 2.35. The van der Waals surface area contributed by atoms with Gasteiger partial charge in [-0.25, -0.2) is 24.3 Å². The van der Waals surface area contributed by atoms with Gasteiger partial charge in [0.15, 0.2) is 11.6 Å². The van der Waals surface area contributed by atoms with Crippen LogP contribution in [0.4, 0.5) is 10.2 Å². The molecule has 2 aromatic heterocycles. The predicted octanol–water partition coefficient (Wildman–Crippen LogP) is 4.33. The lowest BCUT2D eigenvalue weighted by atomic mass is 10.0. The van der Waals surface area contributed by atoms with Crippen LogP contribution in [0.2, 0.25) is 0 Å². The van der Waals surface area contributed by atoms with Gasteiger partial charge in [-0.15, -0.1) is 0 Å². The van der Waals surface area contributed by atoms with E-state index < -0.39 is 0 Å². The van der Waals surface area contributed by atoms with Crippen LogP contribution < -0.4 is 10.1 Å². The minimum atomic E-state index is -0.294. The quantitative estimate of drug-likeness (QED) is 0.560. The van der Waals surface area contributed by atoms with Gasteiger partial charge in [-0.1, -0.05) is 12.1 Å². The summed E-state index contributed by atoms with van der Waals surface area (Å²) >= 11 is 0. The summed E-state index contributed by atoms with van der Waals surface area (Å²) in [5.41, 5.74) is 2.21. The first-order chi connectivity index (χ1) is 13.7. The van der Waals surface area contributed by atoms with E-state index in [9.17, 15) is 4.39 Å². The summed E-state index contributed by atoms with van der Waals surface area (Å²) in [5.74, 6) is 1.74. The van der Waals surface area contributed by atoms with E-state index in [1.807, 2.05) is 25.1 Å². The monoisotopic (exact) mass is 375 g/mol. The molecule has 0 saturated heterocycles. The van der Waals surface area contributed by atoms with Crippen LogP contribution in [-0.2, 0) is 0 Å². The Morgan fingerprint density at radius 3 is 2.50 bits per heavy atom. The first-order valence-corrected chi connectivity index (χ1v) is 8.89. The van der Waals surface area contributed by atoms with Crippen LogP contribution in [0, 0.1) is 5.82 Å². The summed E-state index contributed by atoms with van der Waals surface area (Å²) in [5, 5.41) is 3.87. The maximum Gasteiger partial charge on any atom is 0.200 e. The molecule has 140 valence electrons. The van der Waals surface area contributed by atoms with Gasteiger partial charge in [0.25, 0.3) is 0 Å². The van der Waals surface area contributed by atoms with Crippen molar-refractivity contribution in [2.75, 3.05) is 19.0 Å². The number of halogens is 1. The number of benzene rings is 2. The summed E-state index contributed by atoms with van der Waals surface area (Å²) in [6.45, 7) is 2.37. The zero-order chi connectivity index (χ0) is 19.5. The van der Waals surface area contributed by atoms with Crippen molar-refractivity contribution in [2.24, 2.45) is 0 Å². The van der Waals surface area contributed by atoms with Crippen LogP contribution >= 0.6 is 0 Å². The third kappa shape index (κ3) is 3.34. The highest BCUT2D eigenvalue weighted by molar-refractivity contribution is 5.97. The van der Waals surface area contributed by atoms with Crippen LogP contribution in [0.3, 0.4) is 0 Å². The number of anilines is 1. The van der Waals surface area contributed by atoms with Crippen molar-refractivity contribution in [2.45, 2.75) is 6.92 Å². The van der Waals surface area contributed by atoms with E-state index in [1.165, 1.54) is 12.1 Å². The van der Waals surface area contributed by atoms with Crippen molar-refractivity contribution < 1.29 is 9.13 Å². The van der Waals surface area contributed by atoms with Crippen LogP contribution in [-0.4, -0.2) is 33.6 Å². The lowest BCUT2D eigenvalue weighted by Gasteiger charge is -2.14. The smallest absolute Gasteiger partial charge is 0.200 e. The van der Waals surface area contributed by atoms with E-state index in [4.69, 9.17) is 4.74 Å². The molecule has 6 nitrogen and oxygen atoms in total. The fourth-order valence-corrected chi connectivity index (χ4v) is 3.01. The molecule has 0 bridgehead atoms. The second kappa shape index (κ2) is 7.56. The second-order valence-corrected chi connectivity index (χ2v) is 6.03. The zero-order valence-electron chi connectivity index (χ0n) is 15.5. The Morgan fingerprint density at radius 2 is 1.79 bits per heavy atom. The van der Waals surface area contributed by atoms with Gasteiger partial charge in [-0.05, 0) is 48.4 Å². The average Bonchev–Trinajstić information content (AvgIpc) is 2.73. The van der Waals surface area contributed by atoms with Crippen molar-refractivity contribution >= 4 is 16.7 Å². The minimum Gasteiger partial charge on any atom is -0.492 e. The number of fused-ring (bicyclic) bond motifs is 1. The van der Waals surface area contributed by atoms with Gasteiger partial charge in [-0.3, -0.25) is 0 Å². The van der Waals surface area contributed by atoms with Crippen molar-refractivity contribution in [3.63, 3.8) is 0 Å². The maximum atomic E-state index is 13.7. The van der Waals surface area contributed by atoms with Gasteiger partial charge in [-0.2, -0.15) is 0 Å². The number of nitrogens with zero attached hydrogens (tertiary/aromatic N) is 4. The normalized spacial score (nSPS) is 10.8. The maximum absolute atomic E-state index is 13.7. The number of nitrogens with one attached hydrogen (secondary N) is 1. The summed E-state index contributed by atoms with van der Waals surface area (Å²) in [4.78, 5) is 17.7. The van der Waals surface area contributed by atoms with Crippen LogP contribution in [0.15, 0.2) is 54.9 Å². The van der Waals surface area contributed by atoms with Crippen molar-refractivity contribution in [3.05, 3.63) is 60.7 Å². The van der Waals surface area contributed by atoms with E-state index >= 15 is 0 Å². The van der Waals surface area contributed by atoms with Gasteiger partial charge in [0.1, 0.15) is 22.9 Å². The van der Waals surface area contributed by atoms with E-state index in [-0.39, 0.29) is 5.82 Å². The number of ether oxygens (including phenoxy) is 1. The van der Waals surface area contributed by atoms with E-state index in [2.05, 4.69) is 25.3 Å². The van der Waals surface area contributed by atoms with Gasteiger partial charge in [0, 0.05) is 24.8 Å². The van der Waals surface area contributed by atoms with Crippen LogP contribution in [0.25, 0.3) is 33.7 Å².